The molecule has 1 aliphatic heterocycles. The Bertz CT molecular complexity index is 898. The molecule has 0 fully saturated rings. The van der Waals surface area contributed by atoms with Crippen LogP contribution >= 0.6 is 11.3 Å². The molecule has 0 N–H and O–H groups in total. The predicted molar refractivity (Wildman–Crippen MR) is 106 cm³/mol. The lowest BCUT2D eigenvalue weighted by molar-refractivity contribution is -0.139. The number of ether oxygens (including phenoxy) is 2. The number of para-hydroxylation sites is 2. The highest BCUT2D eigenvalue weighted by Gasteiger charge is 2.32. The van der Waals surface area contributed by atoms with Gasteiger partial charge in [0.2, 0.25) is 0 Å². The standard InChI is InChI=1S/C22H21NO3S/c1-25-19-10-4-3-8-17(19)14-23(15-18-9-6-12-27-18)22(24)21-13-16-7-2-5-11-20(16)26-21/h2-12,21H,13-15H2,1H3. The molecule has 0 radical (unpaired) electrons. The molecule has 2 aromatic carbocycles. The van der Waals surface area contributed by atoms with E-state index < -0.39 is 6.10 Å². The molecule has 0 saturated heterocycles. The predicted octanol–water partition coefficient (Wildman–Crippen LogP) is 4.29. The van der Waals surface area contributed by atoms with Gasteiger partial charge < -0.3 is 14.4 Å². The van der Waals surface area contributed by atoms with Crippen molar-refractivity contribution in [2.45, 2.75) is 25.6 Å². The molecule has 1 amide bonds. The maximum absolute atomic E-state index is 13.3. The first kappa shape index (κ1) is 17.6. The third-order valence-electron chi connectivity index (χ3n) is 4.71. The van der Waals surface area contributed by atoms with Gasteiger partial charge in [0.1, 0.15) is 11.5 Å². The monoisotopic (exact) mass is 379 g/mol. The summed E-state index contributed by atoms with van der Waals surface area (Å²) >= 11 is 1.65. The molecule has 1 aliphatic rings. The molecule has 1 atom stereocenters. The van der Waals surface area contributed by atoms with Gasteiger partial charge in [0.15, 0.2) is 6.10 Å². The first-order chi connectivity index (χ1) is 13.2. The van der Waals surface area contributed by atoms with Crippen molar-refractivity contribution in [2.75, 3.05) is 7.11 Å². The summed E-state index contributed by atoms with van der Waals surface area (Å²) < 4.78 is 11.4. The van der Waals surface area contributed by atoms with Crippen LogP contribution in [-0.4, -0.2) is 24.0 Å². The second-order valence-electron chi connectivity index (χ2n) is 6.50. The Labute approximate surface area is 163 Å². The highest BCUT2D eigenvalue weighted by Crippen LogP contribution is 2.30. The first-order valence-electron chi connectivity index (χ1n) is 8.92. The molecule has 2 heterocycles. The van der Waals surface area contributed by atoms with Crippen LogP contribution < -0.4 is 9.47 Å². The van der Waals surface area contributed by atoms with Gasteiger partial charge in [-0.05, 0) is 29.1 Å². The summed E-state index contributed by atoms with van der Waals surface area (Å²) in [5.41, 5.74) is 2.07. The maximum Gasteiger partial charge on any atom is 0.264 e. The van der Waals surface area contributed by atoms with Gasteiger partial charge in [-0.2, -0.15) is 0 Å². The maximum atomic E-state index is 13.3. The van der Waals surface area contributed by atoms with E-state index in [0.717, 1.165) is 27.5 Å². The van der Waals surface area contributed by atoms with Crippen LogP contribution in [0, 0.1) is 0 Å². The molecule has 4 rings (SSSR count). The van der Waals surface area contributed by atoms with E-state index in [0.29, 0.717) is 19.5 Å². The zero-order valence-electron chi connectivity index (χ0n) is 15.1. The number of nitrogens with zero attached hydrogens (tertiary/aromatic N) is 1. The molecule has 0 saturated carbocycles. The van der Waals surface area contributed by atoms with Gasteiger partial charge in [0, 0.05) is 23.4 Å². The number of hydrogen-bond donors (Lipinski definition) is 0. The second kappa shape index (κ2) is 7.84. The largest absolute Gasteiger partial charge is 0.496 e. The van der Waals surface area contributed by atoms with E-state index >= 15 is 0 Å². The van der Waals surface area contributed by atoms with Crippen LogP contribution in [0.15, 0.2) is 66.0 Å². The van der Waals surface area contributed by atoms with Gasteiger partial charge in [-0.15, -0.1) is 11.3 Å². The molecule has 4 nitrogen and oxygen atoms in total. The molecule has 0 spiro atoms. The van der Waals surface area contributed by atoms with Crippen LogP contribution in [0.3, 0.4) is 0 Å². The summed E-state index contributed by atoms with van der Waals surface area (Å²) in [5.74, 6) is 1.60. The average molecular weight is 379 g/mol. The Morgan fingerprint density at radius 2 is 1.93 bits per heavy atom. The van der Waals surface area contributed by atoms with Crippen molar-refractivity contribution in [1.82, 2.24) is 4.90 Å². The molecule has 1 aromatic heterocycles. The van der Waals surface area contributed by atoms with Crippen LogP contribution in [-0.2, 0) is 24.3 Å². The molecule has 1 unspecified atom stereocenters. The molecule has 27 heavy (non-hydrogen) atoms. The highest BCUT2D eigenvalue weighted by atomic mass is 32.1. The Hall–Kier alpha value is -2.79. The third kappa shape index (κ3) is 3.83. The van der Waals surface area contributed by atoms with E-state index in [2.05, 4.69) is 6.07 Å². The number of rotatable bonds is 6. The number of fused-ring (bicyclic) bond motifs is 1. The smallest absolute Gasteiger partial charge is 0.264 e. The van der Waals surface area contributed by atoms with Gasteiger partial charge >= 0.3 is 0 Å². The van der Waals surface area contributed by atoms with Gasteiger partial charge in [-0.25, -0.2) is 0 Å². The summed E-state index contributed by atoms with van der Waals surface area (Å²) in [6, 6.07) is 19.7. The quantitative estimate of drug-likeness (QED) is 0.641. The highest BCUT2D eigenvalue weighted by molar-refractivity contribution is 7.09. The molecule has 138 valence electrons. The molecule has 5 heteroatoms. The SMILES string of the molecule is COc1ccccc1CN(Cc1cccs1)C(=O)C1Cc2ccccc2O1. The van der Waals surface area contributed by atoms with Crippen molar-refractivity contribution >= 4 is 17.2 Å². The number of benzene rings is 2. The van der Waals surface area contributed by atoms with Gasteiger partial charge in [0.05, 0.1) is 13.7 Å². The van der Waals surface area contributed by atoms with E-state index in [4.69, 9.17) is 9.47 Å². The number of hydrogen-bond acceptors (Lipinski definition) is 4. The lowest BCUT2D eigenvalue weighted by atomic mass is 10.1. The van der Waals surface area contributed by atoms with Crippen molar-refractivity contribution in [3.05, 3.63) is 82.0 Å². The Kier molecular flexibility index (Phi) is 5.12. The number of thiophene rings is 1. The molecular weight excluding hydrogens is 358 g/mol. The summed E-state index contributed by atoms with van der Waals surface area (Å²) in [5, 5.41) is 2.03. The lowest BCUT2D eigenvalue weighted by Gasteiger charge is -2.26. The lowest BCUT2D eigenvalue weighted by Crippen LogP contribution is -2.40. The van der Waals surface area contributed by atoms with Crippen molar-refractivity contribution in [1.29, 1.82) is 0 Å². The fourth-order valence-electron chi connectivity index (χ4n) is 3.37. The Balaban J connectivity index is 1.57. The molecule has 0 bridgehead atoms. The van der Waals surface area contributed by atoms with Crippen LogP contribution in [0.25, 0.3) is 0 Å². The summed E-state index contributed by atoms with van der Waals surface area (Å²) in [4.78, 5) is 16.3. The van der Waals surface area contributed by atoms with Crippen molar-refractivity contribution in [3.8, 4) is 11.5 Å². The van der Waals surface area contributed by atoms with E-state index in [1.807, 2.05) is 64.9 Å². The molecule has 3 aromatic rings. The number of methoxy groups -OCH3 is 1. The third-order valence-corrected chi connectivity index (χ3v) is 5.58. The number of amides is 1. The van der Waals surface area contributed by atoms with Crippen LogP contribution in [0.5, 0.6) is 11.5 Å². The average Bonchev–Trinajstić information content (AvgIpc) is 3.36. The summed E-state index contributed by atoms with van der Waals surface area (Å²) in [7, 11) is 1.65. The second-order valence-corrected chi connectivity index (χ2v) is 7.54. The fourth-order valence-corrected chi connectivity index (χ4v) is 4.08. The minimum atomic E-state index is -0.475. The first-order valence-corrected chi connectivity index (χ1v) is 9.80. The van der Waals surface area contributed by atoms with Crippen molar-refractivity contribution in [2.24, 2.45) is 0 Å². The fraction of sp³-hybridized carbons (Fsp3) is 0.227. The zero-order chi connectivity index (χ0) is 18.6. The minimum absolute atomic E-state index is 0.00510. The number of carbonyl (C=O) groups is 1. The van der Waals surface area contributed by atoms with Crippen LogP contribution in [0.4, 0.5) is 0 Å². The zero-order valence-corrected chi connectivity index (χ0v) is 15.9. The topological polar surface area (TPSA) is 38.8 Å². The van der Waals surface area contributed by atoms with Crippen molar-refractivity contribution < 1.29 is 14.3 Å². The van der Waals surface area contributed by atoms with Crippen molar-refractivity contribution in [3.63, 3.8) is 0 Å². The van der Waals surface area contributed by atoms with Crippen LogP contribution in [0.1, 0.15) is 16.0 Å². The summed E-state index contributed by atoms with van der Waals surface area (Å²) in [6.45, 7) is 1.04. The normalized spacial score (nSPS) is 15.1. The summed E-state index contributed by atoms with van der Waals surface area (Å²) in [6.07, 6.45) is 0.138. The van der Waals surface area contributed by atoms with E-state index in [1.54, 1.807) is 18.4 Å². The Morgan fingerprint density at radius 1 is 1.11 bits per heavy atom. The minimum Gasteiger partial charge on any atom is -0.496 e. The van der Waals surface area contributed by atoms with Gasteiger partial charge in [-0.1, -0.05) is 42.5 Å². The van der Waals surface area contributed by atoms with Gasteiger partial charge in [-0.3, -0.25) is 4.79 Å². The number of carbonyl (C=O) groups excluding carboxylic acids is 1. The Morgan fingerprint density at radius 3 is 2.70 bits per heavy atom. The molecule has 0 aliphatic carbocycles. The van der Waals surface area contributed by atoms with E-state index in [-0.39, 0.29) is 5.91 Å². The van der Waals surface area contributed by atoms with E-state index in [9.17, 15) is 4.79 Å². The van der Waals surface area contributed by atoms with Crippen LogP contribution in [0.2, 0.25) is 0 Å². The van der Waals surface area contributed by atoms with E-state index in [1.165, 1.54) is 0 Å². The molecular formula is C22H21NO3S. The van der Waals surface area contributed by atoms with Gasteiger partial charge in [0.25, 0.3) is 5.91 Å².